The van der Waals surface area contributed by atoms with Gasteiger partial charge in [-0.15, -0.1) is 6.58 Å². The number of nitrogens with zero attached hydrogens (tertiary/aromatic N) is 2. The van der Waals surface area contributed by atoms with Crippen LogP contribution in [0.25, 0.3) is 0 Å². The van der Waals surface area contributed by atoms with E-state index in [0.717, 1.165) is 5.69 Å². The molecule has 0 aliphatic rings. The lowest BCUT2D eigenvalue weighted by molar-refractivity contribution is -0.119. The molecule has 1 heterocycles. The van der Waals surface area contributed by atoms with Gasteiger partial charge in [-0.05, 0) is 32.2 Å². The van der Waals surface area contributed by atoms with Gasteiger partial charge < -0.3 is 14.1 Å². The molecule has 26 heavy (non-hydrogen) atoms. The molecule has 2 rings (SSSR count). The number of benzene rings is 1. The van der Waals surface area contributed by atoms with Gasteiger partial charge in [0.15, 0.2) is 0 Å². The minimum absolute atomic E-state index is 0.0462. The monoisotopic (exact) mass is 356 g/mol. The van der Waals surface area contributed by atoms with Gasteiger partial charge in [0.2, 0.25) is 5.91 Å². The summed E-state index contributed by atoms with van der Waals surface area (Å²) in [4.78, 5) is 27.9. The molecule has 0 aliphatic heterocycles. The van der Waals surface area contributed by atoms with Crippen molar-refractivity contribution in [3.63, 3.8) is 0 Å². The number of para-hydroxylation sites is 1. The molecule has 2 aromatic rings. The molecule has 6 heteroatoms. The van der Waals surface area contributed by atoms with Crippen molar-refractivity contribution in [2.75, 3.05) is 32.1 Å². The van der Waals surface area contributed by atoms with Gasteiger partial charge in [-0.25, -0.2) is 4.79 Å². The van der Waals surface area contributed by atoms with Crippen molar-refractivity contribution in [1.82, 2.24) is 4.90 Å². The first-order chi connectivity index (χ1) is 12.5. The minimum atomic E-state index is -0.433. The maximum absolute atomic E-state index is 12.7. The average molecular weight is 356 g/mol. The Morgan fingerprint density at radius 3 is 2.58 bits per heavy atom. The third kappa shape index (κ3) is 4.83. The normalized spacial score (nSPS) is 10.6. The number of esters is 1. The van der Waals surface area contributed by atoms with Crippen LogP contribution in [0.15, 0.2) is 53.5 Å². The molecular weight excluding hydrogens is 332 g/mol. The van der Waals surface area contributed by atoms with Crippen LogP contribution < -0.4 is 4.90 Å². The second-order valence-electron chi connectivity index (χ2n) is 5.98. The summed E-state index contributed by atoms with van der Waals surface area (Å²) in [7, 11) is 3.15. The Bertz CT molecular complexity index is 767. The lowest BCUT2D eigenvalue weighted by Crippen LogP contribution is -2.39. The molecular formula is C20H24N2O4. The van der Waals surface area contributed by atoms with Gasteiger partial charge in [0.05, 0.1) is 20.2 Å². The van der Waals surface area contributed by atoms with Gasteiger partial charge in [0.25, 0.3) is 0 Å². The van der Waals surface area contributed by atoms with E-state index >= 15 is 0 Å². The summed E-state index contributed by atoms with van der Waals surface area (Å²) in [5.74, 6) is 0.630. The number of methoxy groups -OCH3 is 1. The predicted octanol–water partition coefficient (Wildman–Crippen LogP) is 3.03. The van der Waals surface area contributed by atoms with Gasteiger partial charge in [-0.1, -0.05) is 24.3 Å². The van der Waals surface area contributed by atoms with Crippen molar-refractivity contribution < 1.29 is 18.7 Å². The number of aryl methyl sites for hydroxylation is 1. The van der Waals surface area contributed by atoms with Crippen molar-refractivity contribution in [2.45, 2.75) is 13.5 Å². The molecule has 1 amide bonds. The number of carbonyl (C=O) groups is 2. The van der Waals surface area contributed by atoms with Crippen LogP contribution in [-0.4, -0.2) is 44.0 Å². The van der Waals surface area contributed by atoms with E-state index in [1.165, 1.54) is 7.11 Å². The quantitative estimate of drug-likeness (QED) is 0.537. The standard InChI is InChI=1S/C20H24N2O4/c1-5-11-22(16-9-7-6-8-10-16)19(23)14-21(3)13-17-12-18(15(2)26-17)20(24)25-4/h5-10,12H,1,11,13-14H2,2-4H3. The third-order valence-electron chi connectivity index (χ3n) is 3.89. The SMILES string of the molecule is C=CCN(C(=O)CN(C)Cc1cc(C(=O)OC)c(C)o1)c1ccccc1. The lowest BCUT2D eigenvalue weighted by atomic mass is 10.2. The van der Waals surface area contributed by atoms with Gasteiger partial charge in [-0.2, -0.15) is 0 Å². The minimum Gasteiger partial charge on any atom is -0.465 e. The second-order valence-corrected chi connectivity index (χ2v) is 5.98. The molecule has 0 saturated heterocycles. The van der Waals surface area contributed by atoms with Crippen LogP contribution in [0, 0.1) is 6.92 Å². The first-order valence-corrected chi connectivity index (χ1v) is 8.28. The summed E-state index contributed by atoms with van der Waals surface area (Å²) in [6.45, 7) is 6.48. The largest absolute Gasteiger partial charge is 0.465 e. The Labute approximate surface area is 153 Å². The van der Waals surface area contributed by atoms with Crippen molar-refractivity contribution >= 4 is 17.6 Å². The molecule has 0 bridgehead atoms. The van der Waals surface area contributed by atoms with E-state index in [1.807, 2.05) is 42.3 Å². The van der Waals surface area contributed by atoms with Gasteiger partial charge in [0, 0.05) is 12.2 Å². The zero-order chi connectivity index (χ0) is 19.1. The molecule has 1 aromatic heterocycles. The number of rotatable bonds is 8. The summed E-state index contributed by atoms with van der Waals surface area (Å²) >= 11 is 0. The molecule has 0 aliphatic carbocycles. The molecule has 0 saturated carbocycles. The number of carbonyl (C=O) groups excluding carboxylic acids is 2. The van der Waals surface area contributed by atoms with Crippen molar-refractivity contribution in [1.29, 1.82) is 0 Å². The number of likely N-dealkylation sites (N-methyl/N-ethyl adjacent to an activating group) is 1. The topological polar surface area (TPSA) is 63.0 Å². The summed E-state index contributed by atoms with van der Waals surface area (Å²) in [6, 6.07) is 11.1. The maximum atomic E-state index is 12.7. The van der Waals surface area contributed by atoms with Crippen LogP contribution in [-0.2, 0) is 16.1 Å². The van der Waals surface area contributed by atoms with E-state index in [0.29, 0.717) is 30.2 Å². The summed E-state index contributed by atoms with van der Waals surface area (Å²) in [5, 5.41) is 0. The Balaban J connectivity index is 2.04. The predicted molar refractivity (Wildman–Crippen MR) is 100 cm³/mol. The van der Waals surface area contributed by atoms with E-state index < -0.39 is 5.97 Å². The number of furan rings is 1. The van der Waals surface area contributed by atoms with Gasteiger partial charge in [-0.3, -0.25) is 9.69 Å². The highest BCUT2D eigenvalue weighted by Crippen LogP contribution is 2.18. The number of amides is 1. The Kier molecular flexibility index (Phi) is 6.74. The fraction of sp³-hybridized carbons (Fsp3) is 0.300. The fourth-order valence-electron chi connectivity index (χ4n) is 2.66. The summed E-state index contributed by atoms with van der Waals surface area (Å²) < 4.78 is 10.3. The van der Waals surface area contributed by atoms with Crippen LogP contribution >= 0.6 is 0 Å². The first-order valence-electron chi connectivity index (χ1n) is 8.28. The highest BCUT2D eigenvalue weighted by Gasteiger charge is 2.19. The molecule has 0 unspecified atom stereocenters. The van der Waals surface area contributed by atoms with E-state index in [-0.39, 0.29) is 12.5 Å². The van der Waals surface area contributed by atoms with Crippen LogP contribution in [0.5, 0.6) is 0 Å². The fourth-order valence-corrected chi connectivity index (χ4v) is 2.66. The number of ether oxygens (including phenoxy) is 1. The number of hydrogen-bond acceptors (Lipinski definition) is 5. The zero-order valence-corrected chi connectivity index (χ0v) is 15.4. The smallest absolute Gasteiger partial charge is 0.341 e. The Hall–Kier alpha value is -2.86. The maximum Gasteiger partial charge on any atom is 0.341 e. The van der Waals surface area contributed by atoms with Crippen molar-refractivity contribution in [3.8, 4) is 0 Å². The molecule has 0 radical (unpaired) electrons. The summed E-state index contributed by atoms with van der Waals surface area (Å²) in [5.41, 5.74) is 1.23. The summed E-state index contributed by atoms with van der Waals surface area (Å²) in [6.07, 6.45) is 1.70. The molecule has 6 nitrogen and oxygen atoms in total. The van der Waals surface area contributed by atoms with E-state index in [1.54, 1.807) is 24.0 Å². The zero-order valence-electron chi connectivity index (χ0n) is 15.4. The highest BCUT2D eigenvalue weighted by atomic mass is 16.5. The van der Waals surface area contributed by atoms with Crippen LogP contribution in [0.3, 0.4) is 0 Å². The first kappa shape index (κ1) is 19.5. The second kappa shape index (κ2) is 9.01. The molecule has 0 N–H and O–H groups in total. The van der Waals surface area contributed by atoms with E-state index in [4.69, 9.17) is 9.15 Å². The third-order valence-corrected chi connectivity index (χ3v) is 3.89. The van der Waals surface area contributed by atoms with Crippen LogP contribution in [0.4, 0.5) is 5.69 Å². The number of anilines is 1. The van der Waals surface area contributed by atoms with Crippen molar-refractivity contribution in [2.24, 2.45) is 0 Å². The molecule has 0 spiro atoms. The molecule has 1 aromatic carbocycles. The molecule has 0 fully saturated rings. The van der Waals surface area contributed by atoms with Crippen molar-refractivity contribution in [3.05, 3.63) is 66.1 Å². The molecule has 138 valence electrons. The highest BCUT2D eigenvalue weighted by molar-refractivity contribution is 5.95. The van der Waals surface area contributed by atoms with Gasteiger partial charge >= 0.3 is 5.97 Å². The average Bonchev–Trinajstić information content (AvgIpc) is 2.99. The molecule has 0 atom stereocenters. The van der Waals surface area contributed by atoms with E-state index in [9.17, 15) is 9.59 Å². The number of hydrogen-bond donors (Lipinski definition) is 0. The van der Waals surface area contributed by atoms with Crippen LogP contribution in [0.2, 0.25) is 0 Å². The Morgan fingerprint density at radius 2 is 1.96 bits per heavy atom. The van der Waals surface area contributed by atoms with Crippen LogP contribution in [0.1, 0.15) is 21.9 Å². The lowest BCUT2D eigenvalue weighted by Gasteiger charge is -2.24. The van der Waals surface area contributed by atoms with E-state index in [2.05, 4.69) is 6.58 Å². The van der Waals surface area contributed by atoms with Gasteiger partial charge in [0.1, 0.15) is 17.1 Å². The Morgan fingerprint density at radius 1 is 1.27 bits per heavy atom.